The van der Waals surface area contributed by atoms with E-state index in [1.165, 1.54) is 19.3 Å². The lowest BCUT2D eigenvalue weighted by molar-refractivity contribution is -0.148. The molecule has 2 heterocycles. The van der Waals surface area contributed by atoms with Gasteiger partial charge in [0.05, 0.1) is 5.92 Å². The monoisotopic (exact) mass is 275 g/mol. The second-order valence-electron chi connectivity index (χ2n) is 5.88. The molecule has 4 nitrogen and oxygen atoms in total. The average molecular weight is 276 g/mol. The second-order valence-corrected chi connectivity index (χ2v) is 5.88. The highest BCUT2D eigenvalue weighted by Gasteiger charge is 2.54. The summed E-state index contributed by atoms with van der Waals surface area (Å²) in [7, 11) is 0. The van der Waals surface area contributed by atoms with Crippen LogP contribution in [0.2, 0.25) is 0 Å². The number of nitrogens with one attached hydrogen (secondary N) is 1. The lowest BCUT2D eigenvalue weighted by atomic mass is 9.66. The first-order valence-electron chi connectivity index (χ1n) is 6.76. The van der Waals surface area contributed by atoms with Gasteiger partial charge in [-0.1, -0.05) is 12.8 Å². The molecule has 1 saturated carbocycles. The summed E-state index contributed by atoms with van der Waals surface area (Å²) < 4.78 is 5.43. The van der Waals surface area contributed by atoms with Crippen molar-refractivity contribution in [2.24, 2.45) is 17.3 Å². The Balaban J connectivity index is 0.00000120. The van der Waals surface area contributed by atoms with Gasteiger partial charge in [-0.25, -0.2) is 0 Å². The Bertz CT molecular complexity index is 313. The number of carboxylic acids is 1. The molecule has 0 amide bonds. The van der Waals surface area contributed by atoms with Gasteiger partial charge in [0.15, 0.2) is 0 Å². The van der Waals surface area contributed by atoms with Crippen LogP contribution in [0, 0.1) is 17.3 Å². The molecule has 2 saturated heterocycles. The second kappa shape index (κ2) is 5.35. The fraction of sp³-hybridized carbons (Fsp3) is 0.923. The predicted molar refractivity (Wildman–Crippen MR) is 70.0 cm³/mol. The zero-order valence-electron chi connectivity index (χ0n) is 10.6. The molecule has 0 aromatic heterocycles. The SMILES string of the molecule is Cl.O=C(O)C1CNC(CC2CC2)C12CCOCC2. The molecule has 0 aromatic carbocycles. The summed E-state index contributed by atoms with van der Waals surface area (Å²) in [5.41, 5.74) is -0.0350. The Morgan fingerprint density at radius 1 is 1.33 bits per heavy atom. The largest absolute Gasteiger partial charge is 0.481 e. The molecule has 5 heteroatoms. The van der Waals surface area contributed by atoms with Gasteiger partial charge in [-0.15, -0.1) is 12.4 Å². The lowest BCUT2D eigenvalue weighted by Crippen LogP contribution is -2.46. The van der Waals surface area contributed by atoms with Crippen molar-refractivity contribution in [3.63, 3.8) is 0 Å². The number of aliphatic carboxylic acids is 1. The summed E-state index contributed by atoms with van der Waals surface area (Å²) in [6, 6.07) is 0.403. The van der Waals surface area contributed by atoms with Gasteiger partial charge in [0.25, 0.3) is 0 Å². The first kappa shape index (κ1) is 14.1. The highest BCUT2D eigenvalue weighted by Crippen LogP contribution is 2.49. The normalized spacial score (nSPS) is 34.2. The van der Waals surface area contributed by atoms with Crippen molar-refractivity contribution in [3.05, 3.63) is 0 Å². The van der Waals surface area contributed by atoms with Gasteiger partial charge in [0.2, 0.25) is 0 Å². The standard InChI is InChI=1S/C13H21NO3.ClH/c15-12(16)10-8-14-11(7-9-1-2-9)13(10)3-5-17-6-4-13;/h9-11,14H,1-8H2,(H,15,16);1H. The Morgan fingerprint density at radius 3 is 2.56 bits per heavy atom. The first-order chi connectivity index (χ1) is 8.22. The van der Waals surface area contributed by atoms with E-state index in [1.807, 2.05) is 0 Å². The third kappa shape index (κ3) is 2.38. The van der Waals surface area contributed by atoms with Crippen LogP contribution < -0.4 is 5.32 Å². The van der Waals surface area contributed by atoms with Gasteiger partial charge in [-0.3, -0.25) is 4.79 Å². The predicted octanol–water partition coefficient (Wildman–Crippen LogP) is 1.68. The van der Waals surface area contributed by atoms with E-state index in [2.05, 4.69) is 5.32 Å². The molecule has 18 heavy (non-hydrogen) atoms. The summed E-state index contributed by atoms with van der Waals surface area (Å²) in [6.45, 7) is 2.10. The quantitative estimate of drug-likeness (QED) is 0.823. The smallest absolute Gasteiger partial charge is 0.308 e. The Kier molecular flexibility index (Phi) is 4.19. The van der Waals surface area contributed by atoms with Gasteiger partial charge in [0, 0.05) is 31.2 Å². The van der Waals surface area contributed by atoms with Crippen molar-refractivity contribution >= 4 is 18.4 Å². The maximum absolute atomic E-state index is 11.4. The third-order valence-corrected chi connectivity index (χ3v) is 4.94. The third-order valence-electron chi connectivity index (χ3n) is 4.94. The van der Waals surface area contributed by atoms with E-state index in [9.17, 15) is 9.90 Å². The minimum Gasteiger partial charge on any atom is -0.481 e. The lowest BCUT2D eigenvalue weighted by Gasteiger charge is -2.41. The van der Waals surface area contributed by atoms with Crippen molar-refractivity contribution in [2.45, 2.75) is 38.1 Å². The van der Waals surface area contributed by atoms with Crippen LogP contribution in [0.4, 0.5) is 0 Å². The molecule has 0 bridgehead atoms. The van der Waals surface area contributed by atoms with E-state index in [0.717, 1.165) is 32.0 Å². The summed E-state index contributed by atoms with van der Waals surface area (Å²) in [4.78, 5) is 11.4. The molecule has 104 valence electrons. The number of carbonyl (C=O) groups is 1. The van der Waals surface area contributed by atoms with Crippen LogP contribution in [0.25, 0.3) is 0 Å². The van der Waals surface area contributed by atoms with E-state index in [-0.39, 0.29) is 23.7 Å². The van der Waals surface area contributed by atoms with Crippen LogP contribution in [-0.2, 0) is 9.53 Å². The molecule has 3 rings (SSSR count). The highest BCUT2D eigenvalue weighted by atomic mass is 35.5. The maximum Gasteiger partial charge on any atom is 0.308 e. The summed E-state index contributed by atoms with van der Waals surface area (Å²) in [5.74, 6) is 0.00705. The zero-order chi connectivity index (χ0) is 11.9. The molecule has 3 fully saturated rings. The molecule has 2 atom stereocenters. The first-order valence-corrected chi connectivity index (χ1v) is 6.76. The van der Waals surface area contributed by atoms with E-state index >= 15 is 0 Å². The van der Waals surface area contributed by atoms with Crippen LogP contribution in [0.1, 0.15) is 32.1 Å². The van der Waals surface area contributed by atoms with E-state index in [0.29, 0.717) is 12.6 Å². The molecule has 2 N–H and O–H groups in total. The number of hydrogen-bond donors (Lipinski definition) is 2. The molecular formula is C13H22ClNO3. The molecule has 0 radical (unpaired) electrons. The minimum absolute atomic E-state index is 0. The Hall–Kier alpha value is -0.320. The van der Waals surface area contributed by atoms with Crippen molar-refractivity contribution < 1.29 is 14.6 Å². The molecule has 2 unspecified atom stereocenters. The van der Waals surface area contributed by atoms with Crippen molar-refractivity contribution in [3.8, 4) is 0 Å². The van der Waals surface area contributed by atoms with Gasteiger partial charge in [-0.2, -0.15) is 0 Å². The van der Waals surface area contributed by atoms with Crippen molar-refractivity contribution in [1.82, 2.24) is 5.32 Å². The van der Waals surface area contributed by atoms with E-state index in [1.54, 1.807) is 0 Å². The molecule has 1 aliphatic carbocycles. The van der Waals surface area contributed by atoms with Crippen LogP contribution in [0.3, 0.4) is 0 Å². The van der Waals surface area contributed by atoms with Crippen molar-refractivity contribution in [2.75, 3.05) is 19.8 Å². The van der Waals surface area contributed by atoms with Crippen LogP contribution in [0.5, 0.6) is 0 Å². The number of ether oxygens (including phenoxy) is 1. The van der Waals surface area contributed by atoms with Gasteiger partial charge in [0.1, 0.15) is 0 Å². The summed E-state index contributed by atoms with van der Waals surface area (Å²) in [6.07, 6.45) is 5.66. The Morgan fingerprint density at radius 2 is 2.00 bits per heavy atom. The molecular weight excluding hydrogens is 254 g/mol. The Labute approximate surface area is 114 Å². The van der Waals surface area contributed by atoms with Crippen molar-refractivity contribution in [1.29, 1.82) is 0 Å². The van der Waals surface area contributed by atoms with Crippen LogP contribution in [0.15, 0.2) is 0 Å². The molecule has 0 aromatic rings. The number of halogens is 1. The van der Waals surface area contributed by atoms with E-state index in [4.69, 9.17) is 4.74 Å². The molecule has 2 aliphatic heterocycles. The number of rotatable bonds is 3. The topological polar surface area (TPSA) is 58.6 Å². The number of carboxylic acid groups (broad SMARTS) is 1. The molecule has 3 aliphatic rings. The van der Waals surface area contributed by atoms with Gasteiger partial charge in [-0.05, 0) is 25.2 Å². The van der Waals surface area contributed by atoms with Crippen LogP contribution in [-0.4, -0.2) is 36.9 Å². The summed E-state index contributed by atoms with van der Waals surface area (Å²) in [5, 5.41) is 12.9. The maximum atomic E-state index is 11.4. The van der Waals surface area contributed by atoms with E-state index < -0.39 is 5.97 Å². The fourth-order valence-corrected chi connectivity index (χ4v) is 3.70. The number of hydrogen-bond acceptors (Lipinski definition) is 3. The van der Waals surface area contributed by atoms with Crippen LogP contribution >= 0.6 is 12.4 Å². The fourth-order valence-electron chi connectivity index (χ4n) is 3.70. The average Bonchev–Trinajstić information content (AvgIpc) is 3.06. The molecule has 1 spiro atoms. The van der Waals surface area contributed by atoms with Gasteiger partial charge < -0.3 is 15.2 Å². The summed E-state index contributed by atoms with van der Waals surface area (Å²) >= 11 is 0. The van der Waals surface area contributed by atoms with Gasteiger partial charge >= 0.3 is 5.97 Å². The minimum atomic E-state index is -0.627. The zero-order valence-corrected chi connectivity index (χ0v) is 11.4. The highest BCUT2D eigenvalue weighted by molar-refractivity contribution is 5.85.